The minimum atomic E-state index is 0.915. The van der Waals surface area contributed by atoms with Crippen molar-refractivity contribution in [2.75, 3.05) is 0 Å². The van der Waals surface area contributed by atoms with E-state index in [9.17, 15) is 0 Å². The molecule has 3 atom stereocenters. The van der Waals surface area contributed by atoms with Crippen LogP contribution >= 0.6 is 0 Å². The fraction of sp³-hybridized carbons (Fsp3) is 1.00. The van der Waals surface area contributed by atoms with Gasteiger partial charge in [-0.1, -0.05) is 73.6 Å². The number of hydrogen-bond acceptors (Lipinski definition) is 0. The van der Waals surface area contributed by atoms with Crippen LogP contribution in [0.1, 0.15) is 80.1 Å². The van der Waals surface area contributed by atoms with Gasteiger partial charge in [0.2, 0.25) is 0 Å². The number of rotatable bonds is 9. The van der Waals surface area contributed by atoms with Gasteiger partial charge in [0.05, 0.1) is 0 Å². The zero-order chi connectivity index (χ0) is 12.6. The van der Waals surface area contributed by atoms with E-state index in [4.69, 9.17) is 0 Å². The van der Waals surface area contributed by atoms with Gasteiger partial charge in [0.25, 0.3) is 0 Å². The molecule has 0 spiro atoms. The summed E-state index contributed by atoms with van der Waals surface area (Å²) in [6, 6.07) is 0. The Labute approximate surface area is 104 Å². The van der Waals surface area contributed by atoms with Gasteiger partial charge in [0.1, 0.15) is 0 Å². The minimum Gasteiger partial charge on any atom is -0.0651 e. The van der Waals surface area contributed by atoms with Crippen LogP contribution in [0.3, 0.4) is 0 Å². The van der Waals surface area contributed by atoms with Crippen LogP contribution in [-0.4, -0.2) is 0 Å². The van der Waals surface area contributed by atoms with Gasteiger partial charge in [0.15, 0.2) is 0 Å². The monoisotopic (exact) mass is 226 g/mol. The average molecular weight is 226 g/mol. The molecular formula is C16H34. The molecule has 0 bridgehead atoms. The standard InChI is InChI=1S/C16H34/c1-7-13(4)12-14(5)10-11-15(6)16(8-2)9-3/h13-16H,7-12H2,1-6H3. The fourth-order valence-corrected chi connectivity index (χ4v) is 2.85. The zero-order valence-electron chi connectivity index (χ0n) is 12.6. The van der Waals surface area contributed by atoms with Gasteiger partial charge in [-0.2, -0.15) is 0 Å². The maximum absolute atomic E-state index is 2.45. The molecule has 0 aliphatic carbocycles. The van der Waals surface area contributed by atoms with Gasteiger partial charge in [-0.25, -0.2) is 0 Å². The summed E-state index contributed by atoms with van der Waals surface area (Å²) < 4.78 is 0. The first-order valence-corrected chi connectivity index (χ1v) is 7.54. The first kappa shape index (κ1) is 16.0. The maximum atomic E-state index is 2.45. The third-order valence-corrected chi connectivity index (χ3v) is 4.47. The Morgan fingerprint density at radius 2 is 1.25 bits per heavy atom. The van der Waals surface area contributed by atoms with E-state index >= 15 is 0 Å². The highest BCUT2D eigenvalue weighted by Crippen LogP contribution is 2.27. The maximum Gasteiger partial charge on any atom is -0.0394 e. The predicted octanol–water partition coefficient (Wildman–Crippen LogP) is 5.91. The normalized spacial score (nSPS) is 17.4. The second kappa shape index (κ2) is 9.07. The fourth-order valence-electron chi connectivity index (χ4n) is 2.85. The molecule has 0 heteroatoms. The lowest BCUT2D eigenvalue weighted by Crippen LogP contribution is -2.12. The summed E-state index contributed by atoms with van der Waals surface area (Å²) in [5, 5.41) is 0. The van der Waals surface area contributed by atoms with Crippen molar-refractivity contribution >= 4 is 0 Å². The van der Waals surface area contributed by atoms with Crippen LogP contribution in [0.5, 0.6) is 0 Å². The molecule has 3 unspecified atom stereocenters. The van der Waals surface area contributed by atoms with E-state index in [1.807, 2.05) is 0 Å². The predicted molar refractivity (Wildman–Crippen MR) is 75.7 cm³/mol. The summed E-state index contributed by atoms with van der Waals surface area (Å²) in [5.41, 5.74) is 0. The molecule has 0 aliphatic heterocycles. The second-order valence-electron chi connectivity index (χ2n) is 5.99. The summed E-state index contributed by atoms with van der Waals surface area (Å²) in [7, 11) is 0. The van der Waals surface area contributed by atoms with Crippen LogP contribution in [0.25, 0.3) is 0 Å². The summed E-state index contributed by atoms with van der Waals surface area (Å²) in [6.45, 7) is 14.3. The second-order valence-corrected chi connectivity index (χ2v) is 5.99. The Morgan fingerprint density at radius 3 is 1.69 bits per heavy atom. The van der Waals surface area contributed by atoms with E-state index in [-0.39, 0.29) is 0 Å². The highest BCUT2D eigenvalue weighted by Gasteiger charge is 2.15. The Bertz CT molecular complexity index is 146. The molecule has 0 fully saturated rings. The number of hydrogen-bond donors (Lipinski definition) is 0. The Kier molecular flexibility index (Phi) is 9.07. The lowest BCUT2D eigenvalue weighted by Gasteiger charge is -2.23. The van der Waals surface area contributed by atoms with Crippen LogP contribution in [0.15, 0.2) is 0 Å². The lowest BCUT2D eigenvalue weighted by molar-refractivity contribution is 0.281. The molecule has 0 rings (SSSR count). The van der Waals surface area contributed by atoms with E-state index in [1.165, 1.54) is 38.5 Å². The summed E-state index contributed by atoms with van der Waals surface area (Å²) in [6.07, 6.45) is 8.35. The Balaban J connectivity index is 3.77. The third kappa shape index (κ3) is 6.55. The molecule has 0 aromatic heterocycles. The average Bonchev–Trinajstić information content (AvgIpc) is 2.27. The molecule has 0 aromatic rings. The van der Waals surface area contributed by atoms with Crippen molar-refractivity contribution in [1.29, 1.82) is 0 Å². The van der Waals surface area contributed by atoms with E-state index in [0.717, 1.165) is 23.7 Å². The van der Waals surface area contributed by atoms with E-state index in [2.05, 4.69) is 41.5 Å². The highest BCUT2D eigenvalue weighted by molar-refractivity contribution is 4.66. The molecule has 0 radical (unpaired) electrons. The van der Waals surface area contributed by atoms with Gasteiger partial charge < -0.3 is 0 Å². The first-order chi connectivity index (χ1) is 7.54. The topological polar surface area (TPSA) is 0 Å². The first-order valence-electron chi connectivity index (χ1n) is 7.54. The van der Waals surface area contributed by atoms with Gasteiger partial charge in [0, 0.05) is 0 Å². The van der Waals surface area contributed by atoms with Gasteiger partial charge in [-0.15, -0.1) is 0 Å². The van der Waals surface area contributed by atoms with Crippen molar-refractivity contribution in [2.45, 2.75) is 80.1 Å². The van der Waals surface area contributed by atoms with Crippen LogP contribution in [0, 0.1) is 23.7 Å². The molecular weight excluding hydrogens is 192 g/mol. The lowest BCUT2D eigenvalue weighted by atomic mass is 9.83. The van der Waals surface area contributed by atoms with Crippen LogP contribution < -0.4 is 0 Å². The molecule has 0 aliphatic rings. The summed E-state index contributed by atoms with van der Waals surface area (Å²) in [4.78, 5) is 0. The molecule has 0 saturated carbocycles. The SMILES string of the molecule is CCC(C)CC(C)CCC(C)C(CC)CC. The largest absolute Gasteiger partial charge is 0.0651 e. The molecule has 0 amide bonds. The summed E-state index contributed by atoms with van der Waals surface area (Å²) in [5.74, 6) is 3.72. The molecule has 16 heavy (non-hydrogen) atoms. The quantitative estimate of drug-likeness (QED) is 0.458. The molecule has 0 aromatic carbocycles. The molecule has 0 saturated heterocycles. The van der Waals surface area contributed by atoms with E-state index in [0.29, 0.717) is 0 Å². The van der Waals surface area contributed by atoms with Crippen molar-refractivity contribution in [1.82, 2.24) is 0 Å². The van der Waals surface area contributed by atoms with Crippen molar-refractivity contribution in [3.8, 4) is 0 Å². The van der Waals surface area contributed by atoms with Crippen LogP contribution in [0.2, 0.25) is 0 Å². The van der Waals surface area contributed by atoms with Gasteiger partial charge in [-0.3, -0.25) is 0 Å². The Hall–Kier alpha value is 0. The van der Waals surface area contributed by atoms with Crippen LogP contribution in [-0.2, 0) is 0 Å². The molecule has 0 nitrogen and oxygen atoms in total. The van der Waals surface area contributed by atoms with Crippen molar-refractivity contribution in [3.63, 3.8) is 0 Å². The van der Waals surface area contributed by atoms with E-state index in [1.54, 1.807) is 0 Å². The van der Waals surface area contributed by atoms with E-state index < -0.39 is 0 Å². The van der Waals surface area contributed by atoms with Crippen molar-refractivity contribution in [2.24, 2.45) is 23.7 Å². The highest BCUT2D eigenvalue weighted by atomic mass is 14.2. The van der Waals surface area contributed by atoms with Crippen LogP contribution in [0.4, 0.5) is 0 Å². The molecule has 98 valence electrons. The van der Waals surface area contributed by atoms with Gasteiger partial charge >= 0.3 is 0 Å². The van der Waals surface area contributed by atoms with Crippen molar-refractivity contribution < 1.29 is 0 Å². The molecule has 0 heterocycles. The smallest absolute Gasteiger partial charge is 0.0394 e. The zero-order valence-corrected chi connectivity index (χ0v) is 12.6. The van der Waals surface area contributed by atoms with Crippen molar-refractivity contribution in [3.05, 3.63) is 0 Å². The Morgan fingerprint density at radius 1 is 0.688 bits per heavy atom. The third-order valence-electron chi connectivity index (χ3n) is 4.47. The summed E-state index contributed by atoms with van der Waals surface area (Å²) >= 11 is 0. The minimum absolute atomic E-state index is 0.915. The van der Waals surface area contributed by atoms with Gasteiger partial charge in [-0.05, 0) is 30.1 Å². The molecule has 0 N–H and O–H groups in total.